The Bertz CT molecular complexity index is 1370. The molecule has 0 aliphatic carbocycles. The first-order chi connectivity index (χ1) is 35.0. The van der Waals surface area contributed by atoms with Crippen molar-refractivity contribution in [2.75, 3.05) is 13.2 Å². The quantitative estimate of drug-likeness (QED) is 0.0261. The average Bonchev–Trinajstić information content (AvgIpc) is 3.37. The smallest absolute Gasteiger partial charge is 0.310 e. The van der Waals surface area contributed by atoms with Crippen molar-refractivity contribution in [1.29, 1.82) is 0 Å². The molecule has 408 valence electrons. The van der Waals surface area contributed by atoms with E-state index in [0.717, 1.165) is 96.3 Å². The van der Waals surface area contributed by atoms with Crippen molar-refractivity contribution >= 4 is 17.9 Å². The van der Waals surface area contributed by atoms with Gasteiger partial charge in [0, 0.05) is 12.8 Å². The second-order valence-corrected chi connectivity index (χ2v) is 19.9. The molecule has 0 aliphatic rings. The molecule has 0 N–H and O–H groups in total. The predicted molar refractivity (Wildman–Crippen MR) is 307 cm³/mol. The second kappa shape index (κ2) is 59.2. The molecule has 0 heterocycles. The summed E-state index contributed by atoms with van der Waals surface area (Å²) in [6.07, 6.45) is 77.6. The molecule has 0 aromatic heterocycles. The molecule has 0 amide bonds. The van der Waals surface area contributed by atoms with E-state index in [1.807, 2.05) is 6.08 Å². The fraction of sp³-hybridized carbons (Fsp3) is 0.738. The third-order valence-corrected chi connectivity index (χ3v) is 12.9. The Hall–Kier alpha value is -3.41. The minimum atomic E-state index is -0.836. The van der Waals surface area contributed by atoms with E-state index in [-0.39, 0.29) is 31.6 Å². The van der Waals surface area contributed by atoms with Crippen LogP contribution in [0.3, 0.4) is 0 Å². The first kappa shape index (κ1) is 67.6. The summed E-state index contributed by atoms with van der Waals surface area (Å²) in [5, 5.41) is 0. The average molecular weight is 990 g/mol. The Morgan fingerprint density at radius 2 is 0.606 bits per heavy atom. The zero-order valence-corrected chi connectivity index (χ0v) is 46.7. The monoisotopic (exact) mass is 989 g/mol. The van der Waals surface area contributed by atoms with Gasteiger partial charge in [0.1, 0.15) is 13.2 Å². The summed E-state index contributed by atoms with van der Waals surface area (Å²) in [6.45, 7) is 6.42. The lowest BCUT2D eigenvalue weighted by molar-refractivity contribution is -0.166. The van der Waals surface area contributed by atoms with E-state index in [1.165, 1.54) is 154 Å². The van der Waals surface area contributed by atoms with Gasteiger partial charge in [0.25, 0.3) is 0 Å². The van der Waals surface area contributed by atoms with Gasteiger partial charge in [0.05, 0.1) is 6.42 Å². The summed E-state index contributed by atoms with van der Waals surface area (Å²) in [7, 11) is 0. The molecule has 6 heteroatoms. The fourth-order valence-corrected chi connectivity index (χ4v) is 8.42. The highest BCUT2D eigenvalue weighted by Crippen LogP contribution is 2.17. The van der Waals surface area contributed by atoms with Gasteiger partial charge in [-0.2, -0.15) is 0 Å². The van der Waals surface area contributed by atoms with Crippen molar-refractivity contribution in [3.63, 3.8) is 0 Å². The van der Waals surface area contributed by atoms with Gasteiger partial charge >= 0.3 is 17.9 Å². The third kappa shape index (κ3) is 57.4. The molecule has 0 saturated heterocycles. The molecule has 6 nitrogen and oxygen atoms in total. The van der Waals surface area contributed by atoms with Crippen molar-refractivity contribution in [3.8, 4) is 0 Å². The van der Waals surface area contributed by atoms with Crippen LogP contribution >= 0.6 is 0 Å². The lowest BCUT2D eigenvalue weighted by Crippen LogP contribution is -2.30. The lowest BCUT2D eigenvalue weighted by atomic mass is 10.0. The first-order valence-electron chi connectivity index (χ1n) is 30.1. The van der Waals surface area contributed by atoms with Crippen molar-refractivity contribution in [1.82, 2.24) is 0 Å². The van der Waals surface area contributed by atoms with Crippen molar-refractivity contribution in [2.45, 2.75) is 297 Å². The number of allylic oxidation sites excluding steroid dienone is 13. The minimum absolute atomic E-state index is 0.0946. The molecule has 0 spiro atoms. The number of ether oxygens (including phenoxy) is 3. The molecule has 0 aromatic carbocycles. The number of carbonyl (C=O) groups is 3. The molecule has 0 aliphatic heterocycles. The van der Waals surface area contributed by atoms with E-state index in [2.05, 4.69) is 93.7 Å². The fourth-order valence-electron chi connectivity index (χ4n) is 8.42. The molecular formula is C65H112O6. The SMILES string of the molecule is CC/C=C\C/C=C\C/C=C\C/C=C\C/C=C\CC(=O)OC(COC(=O)CCCCCCC/C=C\C/C=C\CCCC)COC(=O)CCCCCCCCCCCCCCCCCCCCCCCCCC. The molecule has 1 unspecified atom stereocenters. The maximum Gasteiger partial charge on any atom is 0.310 e. The van der Waals surface area contributed by atoms with Gasteiger partial charge in [-0.05, 0) is 70.6 Å². The van der Waals surface area contributed by atoms with Gasteiger partial charge in [0.15, 0.2) is 6.10 Å². The van der Waals surface area contributed by atoms with Crippen LogP contribution in [0, 0.1) is 0 Å². The van der Waals surface area contributed by atoms with Crippen LogP contribution < -0.4 is 0 Å². The van der Waals surface area contributed by atoms with Gasteiger partial charge in [-0.3, -0.25) is 14.4 Å². The van der Waals surface area contributed by atoms with Crippen LogP contribution in [0.1, 0.15) is 290 Å². The van der Waals surface area contributed by atoms with Crippen LogP contribution in [0.25, 0.3) is 0 Å². The summed E-state index contributed by atoms with van der Waals surface area (Å²) in [5.74, 6) is -1.05. The Balaban J connectivity index is 4.36. The van der Waals surface area contributed by atoms with E-state index >= 15 is 0 Å². The molecule has 0 bridgehead atoms. The zero-order valence-electron chi connectivity index (χ0n) is 46.7. The molecule has 0 rings (SSSR count). The molecular weight excluding hydrogens is 877 g/mol. The predicted octanol–water partition coefficient (Wildman–Crippen LogP) is 20.3. The lowest BCUT2D eigenvalue weighted by Gasteiger charge is -2.18. The van der Waals surface area contributed by atoms with Crippen LogP contribution in [-0.4, -0.2) is 37.2 Å². The summed E-state index contributed by atoms with van der Waals surface area (Å²) >= 11 is 0. The molecule has 0 radical (unpaired) electrons. The number of esters is 3. The number of rotatable bonds is 54. The van der Waals surface area contributed by atoms with Crippen LogP contribution in [0.5, 0.6) is 0 Å². The summed E-state index contributed by atoms with van der Waals surface area (Å²) in [5.41, 5.74) is 0. The molecule has 0 aromatic rings. The van der Waals surface area contributed by atoms with Crippen molar-refractivity contribution < 1.29 is 28.6 Å². The Kier molecular flexibility index (Phi) is 56.3. The van der Waals surface area contributed by atoms with Gasteiger partial charge in [0.2, 0.25) is 0 Å². The van der Waals surface area contributed by atoms with E-state index in [4.69, 9.17) is 14.2 Å². The standard InChI is InChI=1S/C65H112O6/c1-4-7-10-13-16-19-22-25-28-29-30-31-32-33-34-35-36-38-40-43-46-49-52-55-58-64(67)70-61-62(60-69-63(66)57-54-51-48-45-42-39-27-24-21-18-15-12-9-6-3)71-65(68)59-56-53-50-47-44-41-37-26-23-20-17-14-11-8-5-2/h8,11,15,17-18,20,24,26-27,37,44,47,53,56,62H,4-7,9-10,12-14,16,19,21-23,25,28-36,38-43,45-46,48-52,54-55,57-61H2,1-3H3/b11-8-,18-15-,20-17-,27-24-,37-26-,47-44-,56-53-. The molecule has 0 saturated carbocycles. The van der Waals surface area contributed by atoms with Crippen LogP contribution in [0.2, 0.25) is 0 Å². The van der Waals surface area contributed by atoms with Gasteiger partial charge in [-0.15, -0.1) is 0 Å². The van der Waals surface area contributed by atoms with Crippen LogP contribution in [0.15, 0.2) is 85.1 Å². The van der Waals surface area contributed by atoms with Crippen molar-refractivity contribution in [3.05, 3.63) is 85.1 Å². The Morgan fingerprint density at radius 3 is 0.972 bits per heavy atom. The van der Waals surface area contributed by atoms with Crippen LogP contribution in [0.4, 0.5) is 0 Å². The van der Waals surface area contributed by atoms with E-state index in [1.54, 1.807) is 6.08 Å². The number of hydrogen-bond acceptors (Lipinski definition) is 6. The highest BCUT2D eigenvalue weighted by atomic mass is 16.6. The maximum absolute atomic E-state index is 12.8. The van der Waals surface area contributed by atoms with Gasteiger partial charge in [-0.25, -0.2) is 0 Å². The van der Waals surface area contributed by atoms with Gasteiger partial charge in [-0.1, -0.05) is 286 Å². The molecule has 71 heavy (non-hydrogen) atoms. The highest BCUT2D eigenvalue weighted by molar-refractivity contribution is 5.72. The highest BCUT2D eigenvalue weighted by Gasteiger charge is 2.19. The summed E-state index contributed by atoms with van der Waals surface area (Å²) in [4.78, 5) is 38.1. The largest absolute Gasteiger partial charge is 0.462 e. The second-order valence-electron chi connectivity index (χ2n) is 19.9. The van der Waals surface area contributed by atoms with E-state index < -0.39 is 12.1 Å². The van der Waals surface area contributed by atoms with Gasteiger partial charge < -0.3 is 14.2 Å². The summed E-state index contributed by atoms with van der Waals surface area (Å²) < 4.78 is 16.8. The zero-order chi connectivity index (χ0) is 51.4. The summed E-state index contributed by atoms with van der Waals surface area (Å²) in [6, 6.07) is 0. The topological polar surface area (TPSA) is 78.9 Å². The van der Waals surface area contributed by atoms with Crippen molar-refractivity contribution in [2.24, 2.45) is 0 Å². The number of carbonyl (C=O) groups excluding carboxylic acids is 3. The molecule has 0 fully saturated rings. The normalized spacial score (nSPS) is 12.7. The Morgan fingerprint density at radius 1 is 0.310 bits per heavy atom. The van der Waals surface area contributed by atoms with E-state index in [0.29, 0.717) is 12.8 Å². The minimum Gasteiger partial charge on any atom is -0.462 e. The van der Waals surface area contributed by atoms with E-state index in [9.17, 15) is 14.4 Å². The van der Waals surface area contributed by atoms with Crippen LogP contribution in [-0.2, 0) is 28.6 Å². The Labute approximate surface area is 439 Å². The third-order valence-electron chi connectivity index (χ3n) is 12.9. The number of hydrogen-bond donors (Lipinski definition) is 0. The first-order valence-corrected chi connectivity index (χ1v) is 30.1. The molecule has 1 atom stereocenters. The maximum atomic E-state index is 12.8. The number of unbranched alkanes of at least 4 members (excludes halogenated alkanes) is 30.